The van der Waals surface area contributed by atoms with Crippen molar-refractivity contribution in [3.8, 4) is 0 Å². The van der Waals surface area contributed by atoms with Crippen molar-refractivity contribution in [2.75, 3.05) is 42.9 Å². The zero-order chi connectivity index (χ0) is 21.4. The number of nitrogens with one attached hydrogen (secondary N) is 1. The topological polar surface area (TPSA) is 69.5 Å². The number of hydrogen-bond acceptors (Lipinski definition) is 7. The maximum atomic E-state index is 4.85. The molecule has 7 nitrogen and oxygen atoms in total. The zero-order valence-corrected chi connectivity index (χ0v) is 18.5. The Morgan fingerprint density at radius 3 is 2.55 bits per heavy atom. The second-order valence-corrected chi connectivity index (χ2v) is 8.54. The van der Waals surface area contributed by atoms with E-state index < -0.39 is 0 Å². The molecule has 31 heavy (non-hydrogen) atoms. The van der Waals surface area contributed by atoms with Gasteiger partial charge in [-0.25, -0.2) is 15.0 Å². The normalized spacial score (nSPS) is 16.6. The molecule has 1 fully saturated rings. The standard InChI is InChI=1S/C24H29N7/c1-4-30-9-11-31(12-10-30)19-7-8-20(25-15-19)28-24-27-14-18-6-5-17-13-26-22(16(2)3)21(17)23(18)29-24/h5-8,14-16H,4,9-13H2,1-3H3,(H,25,27,28,29). The van der Waals surface area contributed by atoms with Crippen LogP contribution in [0.3, 0.4) is 0 Å². The number of likely N-dealkylation sites (N-methyl/N-ethyl adjacent to an activating group) is 1. The van der Waals surface area contributed by atoms with Crippen molar-refractivity contribution in [1.82, 2.24) is 19.9 Å². The number of nitrogens with zero attached hydrogens (tertiary/aromatic N) is 6. The molecule has 4 heterocycles. The Kier molecular flexibility index (Phi) is 5.28. The van der Waals surface area contributed by atoms with Crippen LogP contribution in [-0.4, -0.2) is 58.3 Å². The Morgan fingerprint density at radius 1 is 1.00 bits per heavy atom. The maximum Gasteiger partial charge on any atom is 0.228 e. The van der Waals surface area contributed by atoms with E-state index in [9.17, 15) is 0 Å². The molecule has 0 radical (unpaired) electrons. The van der Waals surface area contributed by atoms with E-state index in [2.05, 4.69) is 64.1 Å². The lowest BCUT2D eigenvalue weighted by Gasteiger charge is -2.35. The molecule has 2 aromatic heterocycles. The van der Waals surface area contributed by atoms with Crippen LogP contribution in [0.15, 0.2) is 41.7 Å². The molecule has 2 aliphatic rings. The quantitative estimate of drug-likeness (QED) is 0.682. The van der Waals surface area contributed by atoms with E-state index in [4.69, 9.17) is 9.98 Å². The second-order valence-electron chi connectivity index (χ2n) is 8.54. The van der Waals surface area contributed by atoms with Crippen LogP contribution in [0.2, 0.25) is 0 Å². The van der Waals surface area contributed by atoms with Gasteiger partial charge in [-0.2, -0.15) is 0 Å². The van der Waals surface area contributed by atoms with E-state index in [1.165, 1.54) is 11.1 Å². The van der Waals surface area contributed by atoms with Gasteiger partial charge in [-0.05, 0) is 30.2 Å². The predicted octanol–water partition coefficient (Wildman–Crippen LogP) is 3.87. The van der Waals surface area contributed by atoms with E-state index >= 15 is 0 Å². The number of benzene rings is 1. The summed E-state index contributed by atoms with van der Waals surface area (Å²) in [4.78, 5) is 23.6. The summed E-state index contributed by atoms with van der Waals surface area (Å²) in [7, 11) is 0. The van der Waals surface area contributed by atoms with Gasteiger partial charge in [0.25, 0.3) is 0 Å². The van der Waals surface area contributed by atoms with E-state index in [-0.39, 0.29) is 0 Å². The molecule has 0 unspecified atom stereocenters. The Labute approximate surface area is 183 Å². The summed E-state index contributed by atoms with van der Waals surface area (Å²) in [6.45, 7) is 12.7. The molecule has 7 heteroatoms. The maximum absolute atomic E-state index is 4.85. The largest absolute Gasteiger partial charge is 0.368 e. The minimum atomic E-state index is 0.367. The lowest BCUT2D eigenvalue weighted by atomic mass is 9.96. The van der Waals surface area contributed by atoms with Crippen molar-refractivity contribution in [2.24, 2.45) is 10.9 Å². The molecule has 0 amide bonds. The second kappa shape index (κ2) is 8.23. The first-order valence-electron chi connectivity index (χ1n) is 11.2. The average Bonchev–Trinajstić information content (AvgIpc) is 3.25. The lowest BCUT2D eigenvalue weighted by molar-refractivity contribution is 0.271. The van der Waals surface area contributed by atoms with Gasteiger partial charge in [-0.15, -0.1) is 0 Å². The summed E-state index contributed by atoms with van der Waals surface area (Å²) in [5.74, 6) is 1.68. The molecule has 5 rings (SSSR count). The molecule has 160 valence electrons. The van der Waals surface area contributed by atoms with E-state index in [0.717, 1.165) is 67.4 Å². The van der Waals surface area contributed by atoms with Crippen LogP contribution >= 0.6 is 0 Å². The Morgan fingerprint density at radius 2 is 1.84 bits per heavy atom. The number of piperazine rings is 1. The van der Waals surface area contributed by atoms with Crippen LogP contribution in [0.1, 0.15) is 31.9 Å². The first-order chi connectivity index (χ1) is 15.1. The summed E-state index contributed by atoms with van der Waals surface area (Å²) >= 11 is 0. The van der Waals surface area contributed by atoms with Crippen molar-refractivity contribution in [3.63, 3.8) is 0 Å². The number of rotatable bonds is 5. The molecule has 1 saturated heterocycles. The summed E-state index contributed by atoms with van der Waals surface area (Å²) in [6.07, 6.45) is 3.81. The molecular weight excluding hydrogens is 386 g/mol. The summed E-state index contributed by atoms with van der Waals surface area (Å²) in [6, 6.07) is 8.36. The van der Waals surface area contributed by atoms with Crippen molar-refractivity contribution >= 4 is 34.1 Å². The van der Waals surface area contributed by atoms with Gasteiger partial charge in [0, 0.05) is 49.0 Å². The lowest BCUT2D eigenvalue weighted by Crippen LogP contribution is -2.46. The SMILES string of the molecule is CCN1CCN(c2ccc(Nc3ncc4ccc5c(c4n3)C(C(C)C)=NC5)nc2)CC1. The van der Waals surface area contributed by atoms with Crippen molar-refractivity contribution in [3.05, 3.63) is 47.8 Å². The Hall–Kier alpha value is -3.06. The van der Waals surface area contributed by atoms with Gasteiger partial charge in [0.1, 0.15) is 5.82 Å². The predicted molar refractivity (Wildman–Crippen MR) is 126 cm³/mol. The van der Waals surface area contributed by atoms with Crippen LogP contribution in [0.5, 0.6) is 0 Å². The minimum Gasteiger partial charge on any atom is -0.368 e. The third kappa shape index (κ3) is 3.85. The third-order valence-electron chi connectivity index (χ3n) is 6.23. The van der Waals surface area contributed by atoms with Gasteiger partial charge < -0.3 is 15.1 Å². The number of aliphatic imine (C=N–C) groups is 1. The van der Waals surface area contributed by atoms with Gasteiger partial charge in [0.15, 0.2) is 0 Å². The van der Waals surface area contributed by atoms with Crippen molar-refractivity contribution < 1.29 is 0 Å². The van der Waals surface area contributed by atoms with Gasteiger partial charge >= 0.3 is 0 Å². The molecular formula is C24H29N7. The van der Waals surface area contributed by atoms with Crippen LogP contribution in [0, 0.1) is 5.92 Å². The highest BCUT2D eigenvalue weighted by Gasteiger charge is 2.22. The van der Waals surface area contributed by atoms with Gasteiger partial charge in [-0.1, -0.05) is 32.9 Å². The van der Waals surface area contributed by atoms with Gasteiger partial charge in [-0.3, -0.25) is 4.99 Å². The fourth-order valence-electron chi connectivity index (χ4n) is 4.42. The number of anilines is 3. The van der Waals surface area contributed by atoms with E-state index in [1.807, 2.05) is 18.5 Å². The van der Waals surface area contributed by atoms with E-state index in [1.54, 1.807) is 0 Å². The molecule has 0 saturated carbocycles. The highest BCUT2D eigenvalue weighted by Crippen LogP contribution is 2.30. The number of hydrogen-bond donors (Lipinski definition) is 1. The molecule has 0 atom stereocenters. The third-order valence-corrected chi connectivity index (χ3v) is 6.23. The number of aromatic nitrogens is 3. The van der Waals surface area contributed by atoms with Crippen LogP contribution in [0.4, 0.5) is 17.5 Å². The van der Waals surface area contributed by atoms with Gasteiger partial charge in [0.2, 0.25) is 5.95 Å². The molecule has 3 aromatic rings. The van der Waals surface area contributed by atoms with Crippen LogP contribution in [-0.2, 0) is 6.54 Å². The summed E-state index contributed by atoms with van der Waals surface area (Å²) < 4.78 is 0. The van der Waals surface area contributed by atoms with Crippen LogP contribution in [0.25, 0.3) is 10.9 Å². The number of pyridine rings is 1. The zero-order valence-electron chi connectivity index (χ0n) is 18.5. The molecule has 0 spiro atoms. The summed E-state index contributed by atoms with van der Waals surface area (Å²) in [5, 5.41) is 4.31. The van der Waals surface area contributed by atoms with Crippen molar-refractivity contribution in [1.29, 1.82) is 0 Å². The fraction of sp³-hybridized carbons (Fsp3) is 0.417. The first kappa shape index (κ1) is 19.9. The fourth-order valence-corrected chi connectivity index (χ4v) is 4.42. The van der Waals surface area contributed by atoms with Crippen LogP contribution < -0.4 is 10.2 Å². The number of fused-ring (bicyclic) bond motifs is 3. The molecule has 0 aliphatic carbocycles. The molecule has 0 bridgehead atoms. The van der Waals surface area contributed by atoms with E-state index in [0.29, 0.717) is 11.9 Å². The van der Waals surface area contributed by atoms with Gasteiger partial charge in [0.05, 0.1) is 23.9 Å². The average molecular weight is 416 g/mol. The highest BCUT2D eigenvalue weighted by molar-refractivity contribution is 6.13. The molecule has 1 aromatic carbocycles. The minimum absolute atomic E-state index is 0.367. The Bertz CT molecular complexity index is 1110. The summed E-state index contributed by atoms with van der Waals surface area (Å²) in [5.41, 5.74) is 5.68. The smallest absolute Gasteiger partial charge is 0.228 e. The molecule has 1 N–H and O–H groups in total. The van der Waals surface area contributed by atoms with Crippen molar-refractivity contribution in [2.45, 2.75) is 27.3 Å². The monoisotopic (exact) mass is 415 g/mol. The molecule has 2 aliphatic heterocycles. The Balaban J connectivity index is 1.36. The first-order valence-corrected chi connectivity index (χ1v) is 11.2. The highest BCUT2D eigenvalue weighted by atomic mass is 15.3.